The van der Waals surface area contributed by atoms with Crippen LogP contribution in [0.4, 0.5) is 11.4 Å². The minimum absolute atomic E-state index is 0.0784. The number of ether oxygens (including phenoxy) is 2. The van der Waals surface area contributed by atoms with Gasteiger partial charge in [-0.25, -0.2) is 0 Å². The lowest BCUT2D eigenvalue weighted by atomic mass is 10.2. The standard InChI is InChI=1S/C20H24N4O4S2/c1-27-16-8-6-13(7-9-16)21-19(29)12-15(25)11-18(26)23-24-20(30)22-14-4-3-5-17(10-14)28-2/h3-10,19,21,29H,11-12H2,1-2H3,(H,23,26)(H2,22,24,30). The summed E-state index contributed by atoms with van der Waals surface area (Å²) in [5, 5.41) is 5.74. The number of Topliss-reactive ketones (excluding diaryl/α,β-unsaturated/α-hetero) is 1. The van der Waals surface area contributed by atoms with E-state index < -0.39 is 11.3 Å². The van der Waals surface area contributed by atoms with E-state index in [9.17, 15) is 9.59 Å². The summed E-state index contributed by atoms with van der Waals surface area (Å²) in [6.07, 6.45) is -0.217. The SMILES string of the molecule is COc1ccc(NC(S)CC(=O)CC(=O)NNC(=S)Nc2cccc(OC)c2)cc1. The van der Waals surface area contributed by atoms with E-state index in [0.717, 1.165) is 11.4 Å². The second-order valence-corrected chi connectivity index (χ2v) is 7.20. The van der Waals surface area contributed by atoms with Gasteiger partial charge in [0.05, 0.1) is 26.0 Å². The first-order chi connectivity index (χ1) is 14.4. The van der Waals surface area contributed by atoms with Crippen LogP contribution in [-0.2, 0) is 9.59 Å². The van der Waals surface area contributed by atoms with Crippen molar-refractivity contribution in [2.45, 2.75) is 18.2 Å². The van der Waals surface area contributed by atoms with Crippen molar-refractivity contribution in [3.8, 4) is 11.5 Å². The Balaban J connectivity index is 1.70. The molecule has 0 fully saturated rings. The summed E-state index contributed by atoms with van der Waals surface area (Å²) in [7, 11) is 3.15. The van der Waals surface area contributed by atoms with Crippen LogP contribution in [0.15, 0.2) is 48.5 Å². The number of methoxy groups -OCH3 is 2. The van der Waals surface area contributed by atoms with Gasteiger partial charge >= 0.3 is 0 Å². The molecule has 2 aromatic carbocycles. The Bertz CT molecular complexity index is 877. The first kappa shape index (κ1) is 23.3. The van der Waals surface area contributed by atoms with E-state index in [-0.39, 0.29) is 23.7 Å². The largest absolute Gasteiger partial charge is 0.497 e. The molecule has 10 heteroatoms. The van der Waals surface area contributed by atoms with Crippen molar-refractivity contribution in [3.05, 3.63) is 48.5 Å². The third-order valence-electron chi connectivity index (χ3n) is 3.85. The summed E-state index contributed by atoms with van der Waals surface area (Å²) in [4.78, 5) is 24.1. The Morgan fingerprint density at radius 2 is 1.70 bits per heavy atom. The van der Waals surface area contributed by atoms with Gasteiger partial charge in [0.2, 0.25) is 5.91 Å². The minimum atomic E-state index is -0.500. The summed E-state index contributed by atoms with van der Waals surface area (Å²) < 4.78 is 10.2. The Labute approximate surface area is 186 Å². The van der Waals surface area contributed by atoms with Gasteiger partial charge in [-0.3, -0.25) is 20.4 Å². The molecule has 2 rings (SSSR count). The zero-order valence-corrected chi connectivity index (χ0v) is 18.3. The molecule has 4 N–H and O–H groups in total. The Morgan fingerprint density at radius 3 is 2.37 bits per heavy atom. The van der Waals surface area contributed by atoms with Crippen molar-refractivity contribution >= 4 is 53.0 Å². The number of thiol groups is 1. The quantitative estimate of drug-likeness (QED) is 0.131. The lowest BCUT2D eigenvalue weighted by Crippen LogP contribution is -2.44. The molecule has 1 atom stereocenters. The number of hydrazine groups is 1. The number of carbonyl (C=O) groups excluding carboxylic acids is 2. The van der Waals surface area contributed by atoms with E-state index in [4.69, 9.17) is 21.7 Å². The second-order valence-electron chi connectivity index (χ2n) is 6.17. The molecule has 0 heterocycles. The number of nitrogens with one attached hydrogen (secondary N) is 4. The fourth-order valence-electron chi connectivity index (χ4n) is 2.43. The topological polar surface area (TPSA) is 101 Å². The lowest BCUT2D eigenvalue weighted by Gasteiger charge is -2.15. The molecule has 0 aromatic heterocycles. The molecule has 0 saturated carbocycles. The van der Waals surface area contributed by atoms with Gasteiger partial charge in [-0.15, -0.1) is 0 Å². The van der Waals surface area contributed by atoms with Crippen LogP contribution in [0.2, 0.25) is 0 Å². The first-order valence-electron chi connectivity index (χ1n) is 9.00. The van der Waals surface area contributed by atoms with E-state index in [0.29, 0.717) is 11.4 Å². The molecule has 0 spiro atoms. The Kier molecular flexibility index (Phi) is 9.23. The maximum absolute atomic E-state index is 12.1. The molecule has 0 radical (unpaired) electrons. The van der Waals surface area contributed by atoms with Crippen LogP contribution in [0.3, 0.4) is 0 Å². The maximum atomic E-state index is 12.1. The minimum Gasteiger partial charge on any atom is -0.497 e. The van der Waals surface area contributed by atoms with Crippen LogP contribution < -0.4 is 31.0 Å². The fraction of sp³-hybridized carbons (Fsp3) is 0.250. The normalized spacial score (nSPS) is 11.0. The molecular formula is C20H24N4O4S2. The smallest absolute Gasteiger partial charge is 0.245 e. The second kappa shape index (κ2) is 11.9. The summed E-state index contributed by atoms with van der Waals surface area (Å²) in [5.74, 6) is 0.638. The van der Waals surface area contributed by atoms with E-state index in [1.807, 2.05) is 12.1 Å². The van der Waals surface area contributed by atoms with E-state index >= 15 is 0 Å². The van der Waals surface area contributed by atoms with Gasteiger partial charge in [0, 0.05) is 23.9 Å². The number of anilines is 2. The third-order valence-corrected chi connectivity index (χ3v) is 4.36. The van der Waals surface area contributed by atoms with Gasteiger partial charge in [0.1, 0.15) is 17.3 Å². The zero-order chi connectivity index (χ0) is 21.9. The molecule has 0 aliphatic carbocycles. The fourth-order valence-corrected chi connectivity index (χ4v) is 2.95. The first-order valence-corrected chi connectivity index (χ1v) is 9.92. The molecule has 8 nitrogen and oxygen atoms in total. The monoisotopic (exact) mass is 448 g/mol. The summed E-state index contributed by atoms with van der Waals surface area (Å²) in [6.45, 7) is 0. The van der Waals surface area contributed by atoms with Crippen LogP contribution in [0.25, 0.3) is 0 Å². The molecule has 160 valence electrons. The van der Waals surface area contributed by atoms with Crippen molar-refractivity contribution in [2.75, 3.05) is 24.9 Å². The molecule has 0 aliphatic heterocycles. The number of benzene rings is 2. The van der Waals surface area contributed by atoms with Crippen molar-refractivity contribution in [3.63, 3.8) is 0 Å². The van der Waals surface area contributed by atoms with Crippen LogP contribution in [0.5, 0.6) is 11.5 Å². The average molecular weight is 449 g/mol. The average Bonchev–Trinajstić information content (AvgIpc) is 2.72. The third kappa shape index (κ3) is 8.18. The van der Waals surface area contributed by atoms with E-state index in [1.165, 1.54) is 0 Å². The highest BCUT2D eigenvalue weighted by Gasteiger charge is 2.14. The van der Waals surface area contributed by atoms with Crippen molar-refractivity contribution < 1.29 is 19.1 Å². The van der Waals surface area contributed by atoms with E-state index in [1.54, 1.807) is 50.6 Å². The number of hydrogen-bond acceptors (Lipinski definition) is 7. The summed E-state index contributed by atoms with van der Waals surface area (Å²) >= 11 is 9.47. The van der Waals surface area contributed by atoms with Crippen molar-refractivity contribution in [1.82, 2.24) is 10.9 Å². The van der Waals surface area contributed by atoms with Crippen molar-refractivity contribution in [2.24, 2.45) is 0 Å². The summed E-state index contributed by atoms with van der Waals surface area (Å²) in [5.41, 5.74) is 6.44. The highest BCUT2D eigenvalue weighted by atomic mass is 32.1. The molecule has 0 aliphatic rings. The highest BCUT2D eigenvalue weighted by molar-refractivity contribution is 7.81. The predicted octanol–water partition coefficient (Wildman–Crippen LogP) is 2.74. The number of ketones is 1. The number of rotatable bonds is 9. The summed E-state index contributed by atoms with van der Waals surface area (Å²) in [6, 6.07) is 14.4. The van der Waals surface area contributed by atoms with E-state index in [2.05, 4.69) is 34.1 Å². The molecule has 0 saturated heterocycles. The number of amides is 1. The molecule has 1 unspecified atom stereocenters. The van der Waals surface area contributed by atoms with Gasteiger partial charge in [-0.1, -0.05) is 6.07 Å². The zero-order valence-electron chi connectivity index (χ0n) is 16.6. The van der Waals surface area contributed by atoms with Crippen LogP contribution in [0, 0.1) is 0 Å². The van der Waals surface area contributed by atoms with Gasteiger partial charge in [0.25, 0.3) is 0 Å². The Morgan fingerprint density at radius 1 is 1.00 bits per heavy atom. The van der Waals surface area contributed by atoms with Crippen LogP contribution in [-0.4, -0.2) is 36.4 Å². The van der Waals surface area contributed by atoms with Gasteiger partial charge in [0.15, 0.2) is 5.11 Å². The lowest BCUT2D eigenvalue weighted by molar-refractivity contribution is -0.128. The molecule has 1 amide bonds. The van der Waals surface area contributed by atoms with Gasteiger partial charge < -0.3 is 20.1 Å². The van der Waals surface area contributed by atoms with Gasteiger partial charge in [-0.2, -0.15) is 12.6 Å². The van der Waals surface area contributed by atoms with Gasteiger partial charge in [-0.05, 0) is 48.6 Å². The number of thiocarbonyl (C=S) groups is 1. The Hall–Kier alpha value is -2.98. The number of hydrogen-bond donors (Lipinski definition) is 5. The predicted molar refractivity (Wildman–Crippen MR) is 124 cm³/mol. The van der Waals surface area contributed by atoms with Crippen LogP contribution >= 0.6 is 24.8 Å². The molecular weight excluding hydrogens is 424 g/mol. The molecule has 2 aromatic rings. The molecule has 0 bridgehead atoms. The van der Waals surface area contributed by atoms with Crippen molar-refractivity contribution in [1.29, 1.82) is 0 Å². The maximum Gasteiger partial charge on any atom is 0.245 e. The highest BCUT2D eigenvalue weighted by Crippen LogP contribution is 2.18. The number of carbonyl (C=O) groups is 2. The van der Waals surface area contributed by atoms with Crippen LogP contribution in [0.1, 0.15) is 12.8 Å². The molecule has 30 heavy (non-hydrogen) atoms.